The SMILES string of the molecule is CCN1CC(CC(=O)O)COC1=O. The number of rotatable bonds is 3. The number of cyclic esters (lactones) is 1. The van der Waals surface area contributed by atoms with Gasteiger partial charge in [-0.15, -0.1) is 0 Å². The minimum atomic E-state index is -0.848. The van der Waals surface area contributed by atoms with Crippen molar-refractivity contribution in [2.75, 3.05) is 19.7 Å². The van der Waals surface area contributed by atoms with E-state index >= 15 is 0 Å². The highest BCUT2D eigenvalue weighted by molar-refractivity contribution is 5.70. The Hall–Kier alpha value is -1.26. The lowest BCUT2D eigenvalue weighted by molar-refractivity contribution is -0.139. The first kappa shape index (κ1) is 9.83. The Balaban J connectivity index is 2.44. The van der Waals surface area contributed by atoms with Crippen LogP contribution in [-0.2, 0) is 9.53 Å². The molecule has 0 spiro atoms. The van der Waals surface area contributed by atoms with Crippen LogP contribution in [-0.4, -0.2) is 41.8 Å². The summed E-state index contributed by atoms with van der Waals surface area (Å²) in [5, 5.41) is 8.53. The molecule has 0 aliphatic carbocycles. The van der Waals surface area contributed by atoms with Gasteiger partial charge in [0.1, 0.15) is 0 Å². The molecule has 1 saturated heterocycles. The minimum absolute atomic E-state index is 0.0593. The maximum atomic E-state index is 11.0. The molecule has 1 N–H and O–H groups in total. The van der Waals surface area contributed by atoms with Crippen molar-refractivity contribution in [1.82, 2.24) is 4.90 Å². The van der Waals surface area contributed by atoms with Gasteiger partial charge in [-0.3, -0.25) is 4.79 Å². The first-order valence-corrected chi connectivity index (χ1v) is 4.27. The molecule has 1 aliphatic heterocycles. The van der Waals surface area contributed by atoms with Gasteiger partial charge in [-0.05, 0) is 6.92 Å². The van der Waals surface area contributed by atoms with Crippen molar-refractivity contribution >= 4 is 12.1 Å². The average molecular weight is 187 g/mol. The minimum Gasteiger partial charge on any atom is -0.481 e. The van der Waals surface area contributed by atoms with E-state index in [1.807, 2.05) is 6.92 Å². The summed E-state index contributed by atoms with van der Waals surface area (Å²) in [6.07, 6.45) is -0.284. The molecule has 0 saturated carbocycles. The van der Waals surface area contributed by atoms with Crippen LogP contribution in [0, 0.1) is 5.92 Å². The van der Waals surface area contributed by atoms with Crippen LogP contribution in [0.15, 0.2) is 0 Å². The number of hydrogen-bond acceptors (Lipinski definition) is 3. The molecule has 1 atom stereocenters. The molecule has 5 heteroatoms. The number of aliphatic carboxylic acids is 1. The molecule has 0 radical (unpaired) electrons. The Morgan fingerprint density at radius 2 is 2.46 bits per heavy atom. The van der Waals surface area contributed by atoms with Crippen molar-refractivity contribution in [2.24, 2.45) is 5.92 Å². The number of carboxylic acids is 1. The van der Waals surface area contributed by atoms with Gasteiger partial charge in [0.2, 0.25) is 0 Å². The summed E-state index contributed by atoms with van der Waals surface area (Å²) in [6.45, 7) is 3.11. The average Bonchev–Trinajstić information content (AvgIpc) is 2.07. The standard InChI is InChI=1S/C8H13NO4/c1-2-9-4-6(3-7(10)11)5-13-8(9)12/h6H,2-5H2,1H3,(H,10,11). The Morgan fingerprint density at radius 1 is 1.77 bits per heavy atom. The van der Waals surface area contributed by atoms with Gasteiger partial charge in [0.15, 0.2) is 0 Å². The second-order valence-corrected chi connectivity index (χ2v) is 3.08. The van der Waals surface area contributed by atoms with E-state index in [2.05, 4.69) is 0 Å². The second-order valence-electron chi connectivity index (χ2n) is 3.08. The summed E-state index contributed by atoms with van der Waals surface area (Å²) >= 11 is 0. The molecule has 1 rings (SSSR count). The number of nitrogens with zero attached hydrogens (tertiary/aromatic N) is 1. The van der Waals surface area contributed by atoms with Crippen molar-refractivity contribution in [3.63, 3.8) is 0 Å². The van der Waals surface area contributed by atoms with E-state index < -0.39 is 5.97 Å². The molecule has 1 amide bonds. The molecule has 0 bridgehead atoms. The lowest BCUT2D eigenvalue weighted by Crippen LogP contribution is -2.43. The first-order valence-electron chi connectivity index (χ1n) is 4.27. The van der Waals surface area contributed by atoms with Gasteiger partial charge < -0.3 is 14.7 Å². The maximum Gasteiger partial charge on any atom is 0.409 e. The largest absolute Gasteiger partial charge is 0.481 e. The van der Waals surface area contributed by atoms with Crippen molar-refractivity contribution < 1.29 is 19.4 Å². The van der Waals surface area contributed by atoms with E-state index in [9.17, 15) is 9.59 Å². The smallest absolute Gasteiger partial charge is 0.409 e. The third kappa shape index (κ3) is 2.61. The van der Waals surface area contributed by atoms with E-state index in [0.29, 0.717) is 13.1 Å². The number of amides is 1. The summed E-state index contributed by atoms with van der Waals surface area (Å²) in [5.41, 5.74) is 0. The van der Waals surface area contributed by atoms with E-state index in [0.717, 1.165) is 0 Å². The van der Waals surface area contributed by atoms with Crippen molar-refractivity contribution in [1.29, 1.82) is 0 Å². The summed E-state index contributed by atoms with van der Waals surface area (Å²) in [4.78, 5) is 22.9. The third-order valence-corrected chi connectivity index (χ3v) is 2.02. The highest BCUT2D eigenvalue weighted by atomic mass is 16.6. The van der Waals surface area contributed by atoms with Gasteiger partial charge in [-0.1, -0.05) is 0 Å². The van der Waals surface area contributed by atoms with Gasteiger partial charge in [0, 0.05) is 19.0 Å². The number of hydrogen-bond donors (Lipinski definition) is 1. The zero-order valence-corrected chi connectivity index (χ0v) is 7.52. The van der Waals surface area contributed by atoms with E-state index in [1.54, 1.807) is 0 Å². The Labute approximate surface area is 76.3 Å². The predicted molar refractivity (Wildman–Crippen MR) is 44.3 cm³/mol. The zero-order valence-electron chi connectivity index (χ0n) is 7.52. The van der Waals surface area contributed by atoms with E-state index in [1.165, 1.54) is 4.90 Å². The molecule has 74 valence electrons. The summed E-state index contributed by atoms with van der Waals surface area (Å²) in [5.74, 6) is -0.922. The fraction of sp³-hybridized carbons (Fsp3) is 0.750. The van der Waals surface area contributed by atoms with Crippen LogP contribution < -0.4 is 0 Å². The van der Waals surface area contributed by atoms with Crippen LogP contribution in [0.4, 0.5) is 4.79 Å². The number of carboxylic acid groups (broad SMARTS) is 1. The number of ether oxygens (including phenoxy) is 1. The molecule has 1 unspecified atom stereocenters. The topological polar surface area (TPSA) is 66.8 Å². The summed E-state index contributed by atoms with van der Waals surface area (Å²) in [6, 6.07) is 0. The van der Waals surface area contributed by atoms with Crippen molar-refractivity contribution in [3.8, 4) is 0 Å². The summed E-state index contributed by atoms with van der Waals surface area (Å²) in [7, 11) is 0. The molecule has 5 nitrogen and oxygen atoms in total. The van der Waals surface area contributed by atoms with Crippen LogP contribution in [0.5, 0.6) is 0 Å². The van der Waals surface area contributed by atoms with E-state index in [4.69, 9.17) is 9.84 Å². The lowest BCUT2D eigenvalue weighted by atomic mass is 10.1. The summed E-state index contributed by atoms with van der Waals surface area (Å²) < 4.78 is 4.82. The maximum absolute atomic E-state index is 11.0. The lowest BCUT2D eigenvalue weighted by Gasteiger charge is -2.30. The Bertz CT molecular complexity index is 216. The monoisotopic (exact) mass is 187 g/mol. The van der Waals surface area contributed by atoms with Gasteiger partial charge in [-0.2, -0.15) is 0 Å². The molecular weight excluding hydrogens is 174 g/mol. The van der Waals surface area contributed by atoms with Gasteiger partial charge in [-0.25, -0.2) is 4.79 Å². The fourth-order valence-corrected chi connectivity index (χ4v) is 1.35. The Kier molecular flexibility index (Phi) is 3.11. The molecule has 0 aromatic heterocycles. The van der Waals surface area contributed by atoms with Crippen LogP contribution in [0.3, 0.4) is 0 Å². The van der Waals surface area contributed by atoms with Crippen LogP contribution in [0.1, 0.15) is 13.3 Å². The third-order valence-electron chi connectivity index (χ3n) is 2.02. The molecule has 0 aromatic rings. The highest BCUT2D eigenvalue weighted by Gasteiger charge is 2.27. The fourth-order valence-electron chi connectivity index (χ4n) is 1.35. The predicted octanol–water partition coefficient (Wildman–Crippen LogP) is 0.549. The molecule has 1 aliphatic rings. The van der Waals surface area contributed by atoms with Crippen LogP contribution in [0.25, 0.3) is 0 Å². The molecule has 13 heavy (non-hydrogen) atoms. The first-order chi connectivity index (χ1) is 6.13. The van der Waals surface area contributed by atoms with Gasteiger partial charge >= 0.3 is 12.1 Å². The molecule has 1 heterocycles. The quantitative estimate of drug-likeness (QED) is 0.700. The van der Waals surface area contributed by atoms with Crippen LogP contribution >= 0.6 is 0 Å². The zero-order chi connectivity index (χ0) is 9.84. The molecular formula is C8H13NO4. The number of carbonyl (C=O) groups is 2. The second kappa shape index (κ2) is 4.11. The van der Waals surface area contributed by atoms with Crippen molar-refractivity contribution in [3.05, 3.63) is 0 Å². The normalized spacial score (nSPS) is 22.7. The van der Waals surface area contributed by atoms with E-state index in [-0.39, 0.29) is 25.0 Å². The molecule has 1 fully saturated rings. The van der Waals surface area contributed by atoms with Gasteiger partial charge in [0.25, 0.3) is 0 Å². The van der Waals surface area contributed by atoms with Crippen LogP contribution in [0.2, 0.25) is 0 Å². The van der Waals surface area contributed by atoms with Crippen molar-refractivity contribution in [2.45, 2.75) is 13.3 Å². The highest BCUT2D eigenvalue weighted by Crippen LogP contribution is 2.13. The Morgan fingerprint density at radius 3 is 3.00 bits per heavy atom. The number of carbonyl (C=O) groups excluding carboxylic acids is 1. The molecule has 0 aromatic carbocycles. The van der Waals surface area contributed by atoms with Gasteiger partial charge in [0.05, 0.1) is 13.0 Å².